The Balaban J connectivity index is 1.38. The fourth-order valence-corrected chi connectivity index (χ4v) is 3.73. The average molecular weight is 616 g/mol. The summed E-state index contributed by atoms with van der Waals surface area (Å²) in [6.07, 6.45) is 0.583. The summed E-state index contributed by atoms with van der Waals surface area (Å²) in [4.78, 5) is 24.2. The number of amides is 1. The standard InChI is InChI=1S/C31H45N5O8/c1-20(2)26(37)7-9-39-11-13-41-15-16-42-14-12-40-10-8-27(38)32-25-18-23(30-35-33-28(43-30)21(3)4)17-24(19-25)31-36-34-29(44-31)22(5)6/h17-22H,7-16H2,1-6H3,(H,32,38). The van der Waals surface area contributed by atoms with Gasteiger partial charge in [-0.1, -0.05) is 41.5 Å². The molecule has 1 amide bonds. The molecule has 0 saturated heterocycles. The molecule has 0 spiro atoms. The molecule has 0 aliphatic heterocycles. The maximum Gasteiger partial charge on any atom is 0.247 e. The fourth-order valence-electron chi connectivity index (χ4n) is 3.73. The maximum absolute atomic E-state index is 12.7. The highest BCUT2D eigenvalue weighted by molar-refractivity contribution is 5.92. The minimum atomic E-state index is -0.222. The van der Waals surface area contributed by atoms with Crippen LogP contribution in [0.5, 0.6) is 0 Å². The predicted octanol–water partition coefficient (Wildman–Crippen LogP) is 5.04. The maximum atomic E-state index is 12.7. The Bertz CT molecular complexity index is 1240. The van der Waals surface area contributed by atoms with E-state index < -0.39 is 0 Å². The number of benzene rings is 1. The summed E-state index contributed by atoms with van der Waals surface area (Å²) in [5.74, 6) is 1.85. The zero-order valence-electron chi connectivity index (χ0n) is 26.6. The SMILES string of the molecule is CC(C)C(=O)CCOCCOCCOCCOCCC(=O)Nc1cc(-c2nnc(C(C)C)o2)cc(-c2nnc(C(C)C)o2)c1. The molecule has 3 aromatic rings. The Labute approximate surface area is 258 Å². The van der Waals surface area contributed by atoms with Gasteiger partial charge in [-0.15, -0.1) is 20.4 Å². The Hall–Kier alpha value is -3.52. The highest BCUT2D eigenvalue weighted by Gasteiger charge is 2.18. The lowest BCUT2D eigenvalue weighted by atomic mass is 10.1. The first kappa shape index (κ1) is 35.0. The third kappa shape index (κ3) is 11.9. The van der Waals surface area contributed by atoms with Crippen LogP contribution in [0, 0.1) is 5.92 Å². The molecular weight excluding hydrogens is 570 g/mol. The molecule has 242 valence electrons. The minimum Gasteiger partial charge on any atom is -0.420 e. The molecule has 0 saturated carbocycles. The predicted molar refractivity (Wildman–Crippen MR) is 162 cm³/mol. The van der Waals surface area contributed by atoms with Crippen molar-refractivity contribution in [3.8, 4) is 22.9 Å². The van der Waals surface area contributed by atoms with Gasteiger partial charge in [0, 0.05) is 41.0 Å². The lowest BCUT2D eigenvalue weighted by molar-refractivity contribution is -0.123. The molecule has 0 fully saturated rings. The average Bonchev–Trinajstić information content (AvgIpc) is 3.68. The molecular formula is C31H45N5O8. The van der Waals surface area contributed by atoms with E-state index in [1.807, 2.05) is 47.6 Å². The Kier molecular flexibility index (Phi) is 14.6. The van der Waals surface area contributed by atoms with Gasteiger partial charge in [-0.05, 0) is 18.2 Å². The van der Waals surface area contributed by atoms with Gasteiger partial charge >= 0.3 is 0 Å². The first-order chi connectivity index (χ1) is 21.1. The van der Waals surface area contributed by atoms with Crippen LogP contribution in [0.15, 0.2) is 27.0 Å². The van der Waals surface area contributed by atoms with Gasteiger partial charge < -0.3 is 33.1 Å². The van der Waals surface area contributed by atoms with Gasteiger partial charge in [0.05, 0.1) is 59.3 Å². The molecule has 0 bridgehead atoms. The third-order valence-corrected chi connectivity index (χ3v) is 6.31. The summed E-state index contributed by atoms with van der Waals surface area (Å²) in [6.45, 7) is 14.8. The van der Waals surface area contributed by atoms with Gasteiger partial charge in [0.15, 0.2) is 0 Å². The summed E-state index contributed by atoms with van der Waals surface area (Å²) in [5, 5.41) is 19.5. The Morgan fingerprint density at radius 3 is 1.48 bits per heavy atom. The number of carbonyl (C=O) groups is 2. The van der Waals surface area contributed by atoms with Crippen molar-refractivity contribution in [2.45, 2.75) is 66.2 Å². The van der Waals surface area contributed by atoms with Crippen LogP contribution in [0.2, 0.25) is 0 Å². The quantitative estimate of drug-likeness (QED) is 0.159. The lowest BCUT2D eigenvalue weighted by Crippen LogP contribution is -2.16. The zero-order chi connectivity index (χ0) is 31.9. The number of hydrogen-bond acceptors (Lipinski definition) is 12. The first-order valence-corrected chi connectivity index (χ1v) is 15.1. The molecule has 13 nitrogen and oxygen atoms in total. The van der Waals surface area contributed by atoms with Gasteiger partial charge in [-0.3, -0.25) is 9.59 Å². The molecule has 3 rings (SSSR count). The van der Waals surface area contributed by atoms with E-state index in [-0.39, 0.29) is 42.5 Å². The molecule has 13 heteroatoms. The van der Waals surface area contributed by atoms with Crippen molar-refractivity contribution in [3.63, 3.8) is 0 Å². The van der Waals surface area contributed by atoms with E-state index in [1.54, 1.807) is 12.1 Å². The summed E-state index contributed by atoms with van der Waals surface area (Å²) < 4.78 is 33.5. The third-order valence-electron chi connectivity index (χ3n) is 6.31. The first-order valence-electron chi connectivity index (χ1n) is 15.1. The van der Waals surface area contributed by atoms with Crippen molar-refractivity contribution in [3.05, 3.63) is 30.0 Å². The van der Waals surface area contributed by atoms with Gasteiger partial charge in [-0.2, -0.15) is 0 Å². The molecule has 0 aliphatic carbocycles. The van der Waals surface area contributed by atoms with E-state index >= 15 is 0 Å². The Morgan fingerprint density at radius 1 is 0.636 bits per heavy atom. The highest BCUT2D eigenvalue weighted by Crippen LogP contribution is 2.31. The van der Waals surface area contributed by atoms with Crippen LogP contribution in [-0.4, -0.2) is 84.9 Å². The largest absolute Gasteiger partial charge is 0.420 e. The van der Waals surface area contributed by atoms with E-state index in [0.29, 0.717) is 93.0 Å². The second kappa shape index (κ2) is 18.3. The number of ether oxygens (including phenoxy) is 4. The van der Waals surface area contributed by atoms with E-state index in [2.05, 4.69) is 25.7 Å². The van der Waals surface area contributed by atoms with Crippen LogP contribution < -0.4 is 5.32 Å². The molecule has 1 N–H and O–H groups in total. The zero-order valence-corrected chi connectivity index (χ0v) is 26.6. The summed E-state index contributed by atoms with van der Waals surface area (Å²) in [6, 6.07) is 5.33. The monoisotopic (exact) mass is 615 g/mol. The van der Waals surface area contributed by atoms with E-state index in [4.69, 9.17) is 27.8 Å². The number of Topliss-reactive ketones (excluding diaryl/α,β-unsaturated/α-hetero) is 1. The van der Waals surface area contributed by atoms with Crippen molar-refractivity contribution >= 4 is 17.4 Å². The number of ketones is 1. The lowest BCUT2D eigenvalue weighted by Gasteiger charge is -2.09. The smallest absolute Gasteiger partial charge is 0.247 e. The molecule has 2 aromatic heterocycles. The highest BCUT2D eigenvalue weighted by atomic mass is 16.6. The van der Waals surface area contributed by atoms with Crippen LogP contribution in [0.4, 0.5) is 5.69 Å². The molecule has 1 aromatic carbocycles. The summed E-state index contributed by atoms with van der Waals surface area (Å²) in [7, 11) is 0. The summed E-state index contributed by atoms with van der Waals surface area (Å²) >= 11 is 0. The number of nitrogens with zero attached hydrogens (tertiary/aromatic N) is 4. The van der Waals surface area contributed by atoms with Gasteiger partial charge in [-0.25, -0.2) is 0 Å². The molecule has 2 heterocycles. The van der Waals surface area contributed by atoms with Gasteiger partial charge in [0.2, 0.25) is 29.5 Å². The van der Waals surface area contributed by atoms with Crippen molar-refractivity contribution in [1.82, 2.24) is 20.4 Å². The molecule has 44 heavy (non-hydrogen) atoms. The number of hydrogen-bond donors (Lipinski definition) is 1. The second-order valence-corrected chi connectivity index (χ2v) is 11.1. The molecule has 0 radical (unpaired) electrons. The minimum absolute atomic E-state index is 0.0372. The van der Waals surface area contributed by atoms with Crippen LogP contribution >= 0.6 is 0 Å². The number of carbonyl (C=O) groups excluding carboxylic acids is 2. The Morgan fingerprint density at radius 2 is 1.07 bits per heavy atom. The topological polar surface area (TPSA) is 161 Å². The van der Waals surface area contributed by atoms with E-state index in [9.17, 15) is 9.59 Å². The van der Waals surface area contributed by atoms with E-state index in [1.165, 1.54) is 0 Å². The van der Waals surface area contributed by atoms with Crippen molar-refractivity contribution in [2.24, 2.45) is 5.92 Å². The van der Waals surface area contributed by atoms with Gasteiger partial charge in [0.25, 0.3) is 0 Å². The van der Waals surface area contributed by atoms with Crippen molar-refractivity contribution in [2.75, 3.05) is 58.2 Å². The van der Waals surface area contributed by atoms with Crippen molar-refractivity contribution < 1.29 is 37.4 Å². The van der Waals surface area contributed by atoms with Crippen LogP contribution in [-0.2, 0) is 28.5 Å². The number of rotatable bonds is 21. The van der Waals surface area contributed by atoms with Crippen LogP contribution in [0.1, 0.15) is 78.0 Å². The van der Waals surface area contributed by atoms with Crippen LogP contribution in [0.3, 0.4) is 0 Å². The number of aromatic nitrogens is 4. The summed E-state index contributed by atoms with van der Waals surface area (Å²) in [5.41, 5.74) is 1.75. The van der Waals surface area contributed by atoms with E-state index in [0.717, 1.165) is 0 Å². The van der Waals surface area contributed by atoms with Gasteiger partial charge in [0.1, 0.15) is 5.78 Å². The van der Waals surface area contributed by atoms with Crippen LogP contribution in [0.25, 0.3) is 22.9 Å². The molecule has 0 atom stereocenters. The molecule has 0 aliphatic rings. The number of nitrogens with one attached hydrogen (secondary N) is 1. The normalized spacial score (nSPS) is 11.7. The molecule has 0 unspecified atom stereocenters. The fraction of sp³-hybridized carbons (Fsp3) is 0.613. The van der Waals surface area contributed by atoms with Crippen molar-refractivity contribution in [1.29, 1.82) is 0 Å². The number of anilines is 1. The second-order valence-electron chi connectivity index (χ2n) is 11.1.